The van der Waals surface area contributed by atoms with Crippen molar-refractivity contribution in [2.45, 2.75) is 26.3 Å². The van der Waals surface area contributed by atoms with E-state index in [2.05, 4.69) is 37.1 Å². The Bertz CT molecular complexity index is 503. The van der Waals surface area contributed by atoms with Crippen LogP contribution in [0.2, 0.25) is 0 Å². The first kappa shape index (κ1) is 16.6. The monoisotopic (exact) mass is 305 g/mol. The van der Waals surface area contributed by atoms with Gasteiger partial charge in [-0.2, -0.15) is 0 Å². The number of para-hydroxylation sites is 2. The number of hydrogen-bond acceptors (Lipinski definition) is 4. The number of ether oxygens (including phenoxy) is 1. The Balaban J connectivity index is 1.89. The zero-order valence-electron chi connectivity index (χ0n) is 14.1. The molecule has 5 nitrogen and oxygen atoms in total. The molecule has 0 spiro atoms. The first-order chi connectivity index (χ1) is 10.4. The van der Waals surface area contributed by atoms with Crippen LogP contribution in [0, 0.1) is 0 Å². The lowest BCUT2D eigenvalue weighted by atomic mass is 10.1. The van der Waals surface area contributed by atoms with Gasteiger partial charge in [-0.3, -0.25) is 4.79 Å². The predicted molar refractivity (Wildman–Crippen MR) is 89.5 cm³/mol. The number of piperazine rings is 1. The van der Waals surface area contributed by atoms with Gasteiger partial charge >= 0.3 is 0 Å². The number of amides is 1. The maximum atomic E-state index is 12.2. The van der Waals surface area contributed by atoms with E-state index in [9.17, 15) is 4.79 Å². The van der Waals surface area contributed by atoms with Crippen molar-refractivity contribution in [1.82, 2.24) is 10.2 Å². The molecule has 0 aromatic heterocycles. The largest absolute Gasteiger partial charge is 0.495 e. The van der Waals surface area contributed by atoms with Crippen molar-refractivity contribution in [3.8, 4) is 5.75 Å². The topological polar surface area (TPSA) is 44.8 Å². The third-order valence-corrected chi connectivity index (χ3v) is 3.83. The van der Waals surface area contributed by atoms with Crippen LogP contribution < -0.4 is 15.0 Å². The highest BCUT2D eigenvalue weighted by Crippen LogP contribution is 2.28. The number of nitrogens with one attached hydrogen (secondary N) is 1. The van der Waals surface area contributed by atoms with Crippen molar-refractivity contribution in [2.75, 3.05) is 44.7 Å². The molecule has 1 heterocycles. The van der Waals surface area contributed by atoms with Gasteiger partial charge in [-0.1, -0.05) is 12.1 Å². The van der Waals surface area contributed by atoms with Gasteiger partial charge in [0.25, 0.3) is 0 Å². The van der Waals surface area contributed by atoms with Gasteiger partial charge in [-0.05, 0) is 32.9 Å². The van der Waals surface area contributed by atoms with Gasteiger partial charge in [-0.15, -0.1) is 0 Å². The van der Waals surface area contributed by atoms with E-state index in [0.717, 1.165) is 37.6 Å². The zero-order chi connectivity index (χ0) is 16.2. The Kier molecular flexibility index (Phi) is 5.29. The van der Waals surface area contributed by atoms with Crippen LogP contribution in [0.15, 0.2) is 24.3 Å². The summed E-state index contributed by atoms with van der Waals surface area (Å²) < 4.78 is 5.42. The van der Waals surface area contributed by atoms with E-state index in [1.165, 1.54) is 0 Å². The highest BCUT2D eigenvalue weighted by molar-refractivity contribution is 5.78. The third kappa shape index (κ3) is 4.37. The third-order valence-electron chi connectivity index (χ3n) is 3.83. The van der Waals surface area contributed by atoms with Crippen LogP contribution in [-0.4, -0.2) is 56.2 Å². The molecule has 5 heteroatoms. The van der Waals surface area contributed by atoms with E-state index in [1.54, 1.807) is 7.11 Å². The molecule has 0 unspecified atom stereocenters. The lowest BCUT2D eigenvalue weighted by Crippen LogP contribution is -2.52. The Hall–Kier alpha value is -1.75. The molecule has 1 N–H and O–H groups in total. The molecule has 0 bridgehead atoms. The van der Waals surface area contributed by atoms with E-state index >= 15 is 0 Å². The average molecular weight is 305 g/mol. The molecular formula is C17H27N3O2. The quantitative estimate of drug-likeness (QED) is 0.920. The fourth-order valence-corrected chi connectivity index (χ4v) is 2.54. The molecule has 122 valence electrons. The number of rotatable bonds is 4. The van der Waals surface area contributed by atoms with Crippen LogP contribution in [0.5, 0.6) is 5.75 Å². The summed E-state index contributed by atoms with van der Waals surface area (Å²) in [4.78, 5) is 16.4. The molecule has 1 aliphatic rings. The average Bonchev–Trinajstić information content (AvgIpc) is 2.52. The summed E-state index contributed by atoms with van der Waals surface area (Å²) in [6.07, 6.45) is 0. The molecule has 22 heavy (non-hydrogen) atoms. The fourth-order valence-electron chi connectivity index (χ4n) is 2.54. The van der Waals surface area contributed by atoms with E-state index in [-0.39, 0.29) is 11.4 Å². The number of methoxy groups -OCH3 is 1. The number of anilines is 1. The normalized spacial score (nSPS) is 15.8. The van der Waals surface area contributed by atoms with E-state index < -0.39 is 0 Å². The molecule has 1 aliphatic heterocycles. The Morgan fingerprint density at radius 2 is 1.82 bits per heavy atom. The highest BCUT2D eigenvalue weighted by atomic mass is 16.5. The lowest BCUT2D eigenvalue weighted by Gasteiger charge is -2.37. The molecule has 0 radical (unpaired) electrons. The van der Waals surface area contributed by atoms with Gasteiger partial charge in [-0.25, -0.2) is 0 Å². The van der Waals surface area contributed by atoms with Crippen molar-refractivity contribution in [1.29, 1.82) is 0 Å². The maximum Gasteiger partial charge on any atom is 0.236 e. The van der Waals surface area contributed by atoms with Crippen molar-refractivity contribution in [3.63, 3.8) is 0 Å². The second kappa shape index (κ2) is 7.01. The minimum atomic E-state index is -0.0329. The molecule has 0 aliphatic carbocycles. The smallest absolute Gasteiger partial charge is 0.236 e. The minimum absolute atomic E-state index is 0.0329. The Morgan fingerprint density at radius 1 is 1.18 bits per heavy atom. The number of benzene rings is 1. The number of nitrogens with zero attached hydrogens (tertiary/aromatic N) is 2. The SMILES string of the molecule is COc1ccccc1N1CCN(C(=O)CNC(C)(C)C)CC1. The summed E-state index contributed by atoms with van der Waals surface area (Å²) in [6, 6.07) is 8.03. The first-order valence-corrected chi connectivity index (χ1v) is 7.81. The molecule has 1 fully saturated rings. The van der Waals surface area contributed by atoms with Crippen LogP contribution in [0.25, 0.3) is 0 Å². The molecule has 1 amide bonds. The highest BCUT2D eigenvalue weighted by Gasteiger charge is 2.23. The van der Waals surface area contributed by atoms with Gasteiger partial charge in [0, 0.05) is 31.7 Å². The standard InChI is InChI=1S/C17H27N3O2/c1-17(2,3)18-13-16(21)20-11-9-19(10-12-20)14-7-5-6-8-15(14)22-4/h5-8,18H,9-13H2,1-4H3. The van der Waals surface area contributed by atoms with Gasteiger partial charge in [0.2, 0.25) is 5.91 Å². The summed E-state index contributed by atoms with van der Waals surface area (Å²) >= 11 is 0. The Labute approximate surface area is 133 Å². The summed E-state index contributed by atoms with van der Waals surface area (Å²) in [5.74, 6) is 1.06. The predicted octanol–water partition coefficient (Wildman–Crippen LogP) is 1.73. The molecule has 1 saturated heterocycles. The van der Waals surface area contributed by atoms with Crippen LogP contribution >= 0.6 is 0 Å². The summed E-state index contributed by atoms with van der Waals surface area (Å²) in [7, 11) is 1.69. The second-order valence-electron chi connectivity index (χ2n) is 6.64. The zero-order valence-corrected chi connectivity index (χ0v) is 14.1. The first-order valence-electron chi connectivity index (χ1n) is 7.81. The van der Waals surface area contributed by atoms with Crippen LogP contribution in [0.3, 0.4) is 0 Å². The van der Waals surface area contributed by atoms with Crippen LogP contribution in [0.1, 0.15) is 20.8 Å². The number of hydrogen-bond donors (Lipinski definition) is 1. The summed E-state index contributed by atoms with van der Waals surface area (Å²) in [5.41, 5.74) is 1.07. The maximum absolute atomic E-state index is 12.2. The van der Waals surface area contributed by atoms with Gasteiger partial charge in [0.1, 0.15) is 5.75 Å². The lowest BCUT2D eigenvalue weighted by molar-refractivity contribution is -0.130. The molecule has 2 rings (SSSR count). The molecule has 0 atom stereocenters. The van der Waals surface area contributed by atoms with Gasteiger partial charge in [0.05, 0.1) is 19.3 Å². The van der Waals surface area contributed by atoms with Crippen molar-refractivity contribution >= 4 is 11.6 Å². The molecule has 1 aromatic rings. The van der Waals surface area contributed by atoms with E-state index in [1.807, 2.05) is 23.1 Å². The minimum Gasteiger partial charge on any atom is -0.495 e. The summed E-state index contributed by atoms with van der Waals surface area (Å²) in [5, 5.41) is 3.26. The second-order valence-corrected chi connectivity index (χ2v) is 6.64. The molecule has 0 saturated carbocycles. The number of carbonyl (C=O) groups excluding carboxylic acids is 1. The van der Waals surface area contributed by atoms with Crippen molar-refractivity contribution in [2.24, 2.45) is 0 Å². The van der Waals surface area contributed by atoms with E-state index in [0.29, 0.717) is 6.54 Å². The van der Waals surface area contributed by atoms with Gasteiger partial charge in [0.15, 0.2) is 0 Å². The van der Waals surface area contributed by atoms with Crippen LogP contribution in [0.4, 0.5) is 5.69 Å². The summed E-state index contributed by atoms with van der Waals surface area (Å²) in [6.45, 7) is 9.78. The molecular weight excluding hydrogens is 278 g/mol. The van der Waals surface area contributed by atoms with Crippen LogP contribution in [-0.2, 0) is 4.79 Å². The fraction of sp³-hybridized carbons (Fsp3) is 0.588. The van der Waals surface area contributed by atoms with E-state index in [4.69, 9.17) is 4.74 Å². The Morgan fingerprint density at radius 3 is 2.41 bits per heavy atom. The van der Waals surface area contributed by atoms with Crippen molar-refractivity contribution in [3.05, 3.63) is 24.3 Å². The molecule has 1 aromatic carbocycles. The van der Waals surface area contributed by atoms with Crippen molar-refractivity contribution < 1.29 is 9.53 Å². The number of carbonyl (C=O) groups is 1. The van der Waals surface area contributed by atoms with Gasteiger partial charge < -0.3 is 19.9 Å².